The molecule has 1 aromatic carbocycles. The smallest absolute Gasteiger partial charge is 0.253 e. The Morgan fingerprint density at radius 3 is 2.44 bits per heavy atom. The van der Waals surface area contributed by atoms with Gasteiger partial charge in [0.15, 0.2) is 5.13 Å². The molecule has 0 saturated heterocycles. The van der Waals surface area contributed by atoms with Crippen LogP contribution in [0.1, 0.15) is 109 Å². The van der Waals surface area contributed by atoms with Crippen LogP contribution in [0.25, 0.3) is 11.3 Å². The molecule has 0 bridgehead atoms. The van der Waals surface area contributed by atoms with Crippen LogP contribution in [-0.4, -0.2) is 27.9 Å². The van der Waals surface area contributed by atoms with Crippen molar-refractivity contribution in [2.24, 2.45) is 11.8 Å². The van der Waals surface area contributed by atoms with E-state index in [1.807, 2.05) is 49.0 Å². The molecule has 3 unspecified atom stereocenters. The summed E-state index contributed by atoms with van der Waals surface area (Å²) in [5.41, 5.74) is 3.51. The van der Waals surface area contributed by atoms with Gasteiger partial charge in [0.05, 0.1) is 17.8 Å². The number of carbonyl (C=O) groups is 2. The van der Waals surface area contributed by atoms with Gasteiger partial charge in [0, 0.05) is 28.9 Å². The molecular weight excluding hydrogens is 528 g/mol. The van der Waals surface area contributed by atoms with Gasteiger partial charge in [0.25, 0.3) is 5.91 Å². The third-order valence-corrected chi connectivity index (χ3v) is 8.80. The first kappa shape index (κ1) is 34.3. The second kappa shape index (κ2) is 17.1. The summed E-state index contributed by atoms with van der Waals surface area (Å²) in [6.07, 6.45) is 12.5. The van der Waals surface area contributed by atoms with Gasteiger partial charge in [-0.2, -0.15) is 0 Å². The minimum absolute atomic E-state index is 0.0365. The predicted molar refractivity (Wildman–Crippen MR) is 175 cm³/mol. The van der Waals surface area contributed by atoms with E-state index in [2.05, 4.69) is 74.7 Å². The zero-order valence-electron chi connectivity index (χ0n) is 26.5. The van der Waals surface area contributed by atoms with Gasteiger partial charge in [0.2, 0.25) is 5.91 Å². The highest BCUT2D eigenvalue weighted by Crippen LogP contribution is 2.30. The highest BCUT2D eigenvalue weighted by Gasteiger charge is 2.26. The van der Waals surface area contributed by atoms with Crippen molar-refractivity contribution < 1.29 is 9.59 Å². The predicted octanol–water partition coefficient (Wildman–Crippen LogP) is 9.07. The normalized spacial score (nSPS) is 13.9. The number of hydrogen-bond donors (Lipinski definition) is 2. The van der Waals surface area contributed by atoms with Gasteiger partial charge < -0.3 is 15.2 Å². The van der Waals surface area contributed by atoms with Gasteiger partial charge >= 0.3 is 0 Å². The Morgan fingerprint density at radius 1 is 1.07 bits per heavy atom. The van der Waals surface area contributed by atoms with Crippen LogP contribution in [0, 0.1) is 18.8 Å². The Bertz CT molecular complexity index is 1220. The summed E-state index contributed by atoms with van der Waals surface area (Å²) in [4.78, 5) is 29.4. The molecule has 0 aliphatic heterocycles. The fourth-order valence-electron chi connectivity index (χ4n) is 4.64. The molecule has 0 aliphatic carbocycles. The number of benzene rings is 1. The zero-order valence-corrected chi connectivity index (χ0v) is 27.4. The molecule has 2 N–H and O–H groups in total. The third-order valence-electron chi connectivity index (χ3n) is 8.05. The third kappa shape index (κ3) is 11.1. The lowest BCUT2D eigenvalue weighted by molar-refractivity contribution is -0.115. The number of nitrogens with zero attached hydrogens (tertiary/aromatic N) is 2. The number of anilines is 1. The van der Waals surface area contributed by atoms with E-state index in [0.717, 1.165) is 42.0 Å². The number of hydrogen-bond acceptors (Lipinski definition) is 4. The van der Waals surface area contributed by atoms with Crippen molar-refractivity contribution in [2.75, 3.05) is 11.9 Å². The van der Waals surface area contributed by atoms with Crippen LogP contribution in [0.4, 0.5) is 5.13 Å². The Hall–Kier alpha value is -2.93. The molecule has 6 nitrogen and oxygen atoms in total. The number of rotatable bonds is 14. The number of aryl methyl sites for hydroxylation is 1. The molecule has 7 heteroatoms. The van der Waals surface area contributed by atoms with Crippen molar-refractivity contribution in [3.63, 3.8) is 0 Å². The minimum atomic E-state index is -0.303. The first-order valence-electron chi connectivity index (χ1n) is 15.3. The van der Waals surface area contributed by atoms with Gasteiger partial charge in [-0.1, -0.05) is 97.4 Å². The van der Waals surface area contributed by atoms with E-state index in [9.17, 15) is 9.59 Å². The molecule has 0 fully saturated rings. The highest BCUT2D eigenvalue weighted by molar-refractivity contribution is 7.14. The lowest BCUT2D eigenvalue weighted by atomic mass is 9.86. The summed E-state index contributed by atoms with van der Waals surface area (Å²) in [5.74, 6) is 0.999. The Labute approximate surface area is 252 Å². The van der Waals surface area contributed by atoms with E-state index in [1.165, 1.54) is 37.0 Å². The second-order valence-corrected chi connectivity index (χ2v) is 12.5. The molecule has 226 valence electrons. The molecule has 2 amide bonds. The van der Waals surface area contributed by atoms with Crippen molar-refractivity contribution >= 4 is 28.3 Å². The maximum absolute atomic E-state index is 12.6. The topological polar surface area (TPSA) is 76.0 Å². The van der Waals surface area contributed by atoms with E-state index in [-0.39, 0.29) is 23.9 Å². The van der Waals surface area contributed by atoms with Crippen molar-refractivity contribution in [3.8, 4) is 11.3 Å². The van der Waals surface area contributed by atoms with Gasteiger partial charge in [-0.3, -0.25) is 9.59 Å². The van der Waals surface area contributed by atoms with Gasteiger partial charge in [-0.25, -0.2) is 4.98 Å². The molecule has 3 rings (SSSR count). The van der Waals surface area contributed by atoms with Gasteiger partial charge in [-0.05, 0) is 50.7 Å². The lowest BCUT2D eigenvalue weighted by Gasteiger charge is -2.33. The van der Waals surface area contributed by atoms with Crippen molar-refractivity contribution in [3.05, 3.63) is 59.2 Å². The number of thiazole rings is 1. The van der Waals surface area contributed by atoms with Crippen LogP contribution in [0.3, 0.4) is 0 Å². The van der Waals surface area contributed by atoms with Crippen molar-refractivity contribution in [1.82, 2.24) is 14.9 Å². The fraction of sp³-hybridized carbons (Fsp3) is 0.559. The Kier molecular flexibility index (Phi) is 14.3. The molecule has 41 heavy (non-hydrogen) atoms. The quantitative estimate of drug-likeness (QED) is 0.200. The van der Waals surface area contributed by atoms with Crippen LogP contribution in [-0.2, 0) is 10.3 Å². The first-order chi connectivity index (χ1) is 19.5. The van der Waals surface area contributed by atoms with Crippen LogP contribution < -0.4 is 10.6 Å². The average Bonchev–Trinajstić information content (AvgIpc) is 3.66. The van der Waals surface area contributed by atoms with Crippen LogP contribution in [0.5, 0.6) is 0 Å². The fourth-order valence-corrected chi connectivity index (χ4v) is 5.38. The minimum Gasteiger partial charge on any atom is -0.348 e. The molecule has 0 saturated carbocycles. The lowest BCUT2D eigenvalue weighted by Crippen LogP contribution is -2.33. The monoisotopic (exact) mass is 580 g/mol. The van der Waals surface area contributed by atoms with Crippen molar-refractivity contribution in [2.45, 2.75) is 106 Å². The Morgan fingerprint density at radius 2 is 1.80 bits per heavy atom. The number of aromatic nitrogens is 2. The van der Waals surface area contributed by atoms with E-state index in [0.29, 0.717) is 16.6 Å². The Balaban J connectivity index is 0.000000642. The van der Waals surface area contributed by atoms with Crippen LogP contribution in [0.2, 0.25) is 0 Å². The summed E-state index contributed by atoms with van der Waals surface area (Å²) in [6, 6.07) is 9.88. The summed E-state index contributed by atoms with van der Waals surface area (Å²) < 4.78 is 2.14. The summed E-state index contributed by atoms with van der Waals surface area (Å²) in [5, 5.41) is 7.91. The number of amides is 2. The van der Waals surface area contributed by atoms with Gasteiger partial charge in [0.1, 0.15) is 0 Å². The zero-order chi connectivity index (χ0) is 30.4. The second-order valence-electron chi connectivity index (χ2n) is 11.7. The molecule has 3 aromatic rings. The maximum atomic E-state index is 12.6. The largest absolute Gasteiger partial charge is 0.348 e. The van der Waals surface area contributed by atoms with E-state index in [1.54, 1.807) is 0 Å². The number of carbonyl (C=O) groups excluding carboxylic acids is 2. The van der Waals surface area contributed by atoms with Crippen LogP contribution in [0.15, 0.2) is 48.1 Å². The van der Waals surface area contributed by atoms with E-state index >= 15 is 0 Å². The molecule has 2 heterocycles. The van der Waals surface area contributed by atoms with Crippen LogP contribution >= 0.6 is 11.3 Å². The molecule has 0 radical (unpaired) electrons. The molecule has 0 aliphatic rings. The maximum Gasteiger partial charge on any atom is 0.253 e. The summed E-state index contributed by atoms with van der Waals surface area (Å²) in [6.45, 7) is 17.6. The molecule has 3 atom stereocenters. The molecule has 0 spiro atoms. The van der Waals surface area contributed by atoms with Crippen molar-refractivity contribution in [1.29, 1.82) is 0 Å². The average molecular weight is 581 g/mol. The SMILES string of the molecule is CCC(C)CC(C)(CC)n1ccc(C(=O)NCC(=O)Nc2nc(-c3cccc(C)c3)cs2)c1.CCCCC(C)CC. The highest BCUT2D eigenvalue weighted by atomic mass is 32.1. The first-order valence-corrected chi connectivity index (χ1v) is 16.2. The number of nitrogens with one attached hydrogen (secondary N) is 2. The summed E-state index contributed by atoms with van der Waals surface area (Å²) in [7, 11) is 0. The van der Waals surface area contributed by atoms with E-state index in [4.69, 9.17) is 0 Å². The number of unbranched alkanes of at least 4 members (excludes halogenated alkanes) is 1. The molecule has 2 aromatic heterocycles. The van der Waals surface area contributed by atoms with E-state index < -0.39 is 0 Å². The summed E-state index contributed by atoms with van der Waals surface area (Å²) >= 11 is 1.37. The standard InChI is InChI=1S/C26H34N4O2S.C8H18/c1-6-18(3)14-26(5,7-2)30-12-11-21(16-30)24(32)27-15-23(31)29-25-28-22(17-33-25)20-10-8-9-19(4)13-20;1-4-6-7-8(3)5-2/h8-13,16-18H,6-7,14-15H2,1-5H3,(H,27,32)(H,28,29,31);8H,4-7H2,1-3H3. The van der Waals surface area contributed by atoms with Gasteiger partial charge in [-0.15, -0.1) is 11.3 Å². The molecular formula is C34H52N4O2S.